The molecule has 1 unspecified atom stereocenters. The molecule has 1 heterocycles. The molecular weight excluding hydrogens is 339 g/mol. The van der Waals surface area contributed by atoms with Crippen molar-refractivity contribution in [3.05, 3.63) is 32.4 Å². The standard InChI is InChI=1S/C13H13BrCl2O2/c1-13(2,3)12(17)9-4-6-10(16)7(14)5-8(15)11(6)18-9/h4-5,12,17H,1-3H3. The number of fused-ring (bicyclic) bond motifs is 1. The number of hydrogen-bond acceptors (Lipinski definition) is 2. The summed E-state index contributed by atoms with van der Waals surface area (Å²) in [5.74, 6) is 0.472. The molecule has 18 heavy (non-hydrogen) atoms. The normalized spacial score (nSPS) is 14.2. The summed E-state index contributed by atoms with van der Waals surface area (Å²) >= 11 is 15.6. The van der Waals surface area contributed by atoms with Gasteiger partial charge in [0.05, 0.1) is 10.0 Å². The van der Waals surface area contributed by atoms with Crippen LogP contribution in [0.4, 0.5) is 0 Å². The van der Waals surface area contributed by atoms with Crippen molar-refractivity contribution in [2.75, 3.05) is 0 Å². The summed E-state index contributed by atoms with van der Waals surface area (Å²) in [7, 11) is 0. The zero-order valence-corrected chi connectivity index (χ0v) is 13.3. The Kier molecular flexibility index (Phi) is 3.72. The third kappa shape index (κ3) is 2.42. The maximum absolute atomic E-state index is 10.2. The molecule has 1 atom stereocenters. The Morgan fingerprint density at radius 2 is 1.89 bits per heavy atom. The van der Waals surface area contributed by atoms with E-state index in [1.807, 2.05) is 20.8 Å². The number of hydrogen-bond donors (Lipinski definition) is 1. The van der Waals surface area contributed by atoms with Gasteiger partial charge in [-0.05, 0) is 33.5 Å². The fourth-order valence-corrected chi connectivity index (χ4v) is 2.70. The van der Waals surface area contributed by atoms with Crippen molar-refractivity contribution in [3.63, 3.8) is 0 Å². The van der Waals surface area contributed by atoms with Crippen molar-refractivity contribution in [2.45, 2.75) is 26.9 Å². The van der Waals surface area contributed by atoms with Crippen LogP contribution in [-0.4, -0.2) is 5.11 Å². The van der Waals surface area contributed by atoms with E-state index in [0.29, 0.717) is 31.2 Å². The van der Waals surface area contributed by atoms with E-state index in [0.717, 1.165) is 0 Å². The molecule has 0 fully saturated rings. The molecule has 0 amide bonds. The molecular formula is C13H13BrCl2O2. The minimum absolute atomic E-state index is 0.315. The lowest BCUT2D eigenvalue weighted by molar-refractivity contribution is 0.0448. The predicted molar refractivity (Wildman–Crippen MR) is 78.3 cm³/mol. The summed E-state index contributed by atoms with van der Waals surface area (Å²) in [6.07, 6.45) is -0.712. The molecule has 0 spiro atoms. The summed E-state index contributed by atoms with van der Waals surface area (Å²) in [5, 5.41) is 11.9. The molecule has 0 bridgehead atoms. The Morgan fingerprint density at radius 1 is 1.28 bits per heavy atom. The third-order valence-corrected chi connectivity index (χ3v) is 4.30. The zero-order valence-electron chi connectivity index (χ0n) is 10.2. The van der Waals surface area contributed by atoms with E-state index in [9.17, 15) is 5.11 Å². The van der Waals surface area contributed by atoms with E-state index < -0.39 is 6.10 Å². The van der Waals surface area contributed by atoms with Gasteiger partial charge in [0.25, 0.3) is 0 Å². The Morgan fingerprint density at radius 3 is 2.44 bits per heavy atom. The zero-order chi connectivity index (χ0) is 13.7. The number of aliphatic hydroxyl groups is 1. The monoisotopic (exact) mass is 350 g/mol. The van der Waals surface area contributed by atoms with Gasteiger partial charge in [0.2, 0.25) is 0 Å². The first-order chi connectivity index (χ1) is 8.21. The molecule has 0 aliphatic carbocycles. The van der Waals surface area contributed by atoms with Crippen LogP contribution in [0.2, 0.25) is 10.0 Å². The van der Waals surface area contributed by atoms with Crippen LogP contribution in [0.25, 0.3) is 11.0 Å². The summed E-state index contributed by atoms with van der Waals surface area (Å²) in [5.41, 5.74) is 0.188. The molecule has 0 aliphatic heterocycles. The molecule has 1 aromatic heterocycles. The maximum atomic E-state index is 10.2. The highest BCUT2D eigenvalue weighted by Gasteiger charge is 2.28. The number of aliphatic hydroxyl groups excluding tert-OH is 1. The van der Waals surface area contributed by atoms with E-state index in [1.165, 1.54) is 0 Å². The van der Waals surface area contributed by atoms with Gasteiger partial charge in [0.1, 0.15) is 11.9 Å². The Labute approximate surface area is 124 Å². The maximum Gasteiger partial charge on any atom is 0.154 e. The van der Waals surface area contributed by atoms with Gasteiger partial charge >= 0.3 is 0 Å². The molecule has 1 aromatic carbocycles. The minimum atomic E-state index is -0.712. The van der Waals surface area contributed by atoms with Crippen LogP contribution in [0.1, 0.15) is 32.6 Å². The predicted octanol–water partition coefficient (Wildman–Crippen LogP) is 5.58. The second-order valence-corrected chi connectivity index (χ2v) is 6.95. The van der Waals surface area contributed by atoms with E-state index >= 15 is 0 Å². The van der Waals surface area contributed by atoms with E-state index in [1.54, 1.807) is 12.1 Å². The van der Waals surface area contributed by atoms with Gasteiger partial charge in [-0.3, -0.25) is 0 Å². The van der Waals surface area contributed by atoms with Crippen LogP contribution in [-0.2, 0) is 0 Å². The van der Waals surface area contributed by atoms with Crippen LogP contribution in [0.5, 0.6) is 0 Å². The summed E-state index contributed by atoms with van der Waals surface area (Å²) < 4.78 is 6.34. The fraction of sp³-hybridized carbons (Fsp3) is 0.385. The van der Waals surface area contributed by atoms with Gasteiger partial charge in [-0.15, -0.1) is 0 Å². The number of furan rings is 1. The summed E-state index contributed by atoms with van der Waals surface area (Å²) in [4.78, 5) is 0. The largest absolute Gasteiger partial charge is 0.457 e. The lowest BCUT2D eigenvalue weighted by atomic mass is 9.88. The number of rotatable bonds is 1. The van der Waals surface area contributed by atoms with Gasteiger partial charge in [0, 0.05) is 9.86 Å². The van der Waals surface area contributed by atoms with Gasteiger partial charge in [-0.2, -0.15) is 0 Å². The first-order valence-electron chi connectivity index (χ1n) is 5.47. The van der Waals surface area contributed by atoms with Gasteiger partial charge in [0.15, 0.2) is 5.58 Å². The smallest absolute Gasteiger partial charge is 0.154 e. The van der Waals surface area contributed by atoms with Crippen molar-refractivity contribution in [2.24, 2.45) is 5.41 Å². The SMILES string of the molecule is CC(C)(C)C(O)c1cc2c(Cl)c(Br)cc(Cl)c2o1. The number of halogens is 3. The van der Waals surface area contributed by atoms with Gasteiger partial charge in [-0.1, -0.05) is 44.0 Å². The second-order valence-electron chi connectivity index (χ2n) is 5.31. The van der Waals surface area contributed by atoms with Crippen LogP contribution in [0, 0.1) is 5.41 Å². The molecule has 0 saturated heterocycles. The molecule has 0 aliphatic rings. The highest BCUT2D eigenvalue weighted by molar-refractivity contribution is 9.10. The molecule has 2 nitrogen and oxygen atoms in total. The van der Waals surface area contributed by atoms with Crippen LogP contribution in [0.3, 0.4) is 0 Å². The molecule has 0 radical (unpaired) electrons. The fourth-order valence-electron chi connectivity index (χ4n) is 1.68. The minimum Gasteiger partial charge on any atom is -0.457 e. The highest BCUT2D eigenvalue weighted by atomic mass is 79.9. The lowest BCUT2D eigenvalue weighted by Crippen LogP contribution is -2.16. The Balaban J connectivity index is 2.64. The third-order valence-electron chi connectivity index (χ3n) is 2.76. The molecule has 2 rings (SSSR count). The first-order valence-corrected chi connectivity index (χ1v) is 7.01. The average molecular weight is 352 g/mol. The molecule has 2 aromatic rings. The van der Waals surface area contributed by atoms with Crippen LogP contribution < -0.4 is 0 Å². The molecule has 1 N–H and O–H groups in total. The quantitative estimate of drug-likeness (QED) is 0.680. The Bertz CT molecular complexity index is 599. The molecule has 5 heteroatoms. The van der Waals surface area contributed by atoms with Gasteiger partial charge in [-0.25, -0.2) is 0 Å². The summed E-state index contributed by atoms with van der Waals surface area (Å²) in [6.45, 7) is 5.80. The number of benzene rings is 1. The molecule has 98 valence electrons. The highest BCUT2D eigenvalue weighted by Crippen LogP contribution is 2.41. The van der Waals surface area contributed by atoms with Crippen LogP contribution in [0.15, 0.2) is 21.0 Å². The lowest BCUT2D eigenvalue weighted by Gasteiger charge is -2.23. The second kappa shape index (κ2) is 4.71. The van der Waals surface area contributed by atoms with Crippen molar-refractivity contribution in [1.29, 1.82) is 0 Å². The van der Waals surface area contributed by atoms with E-state index in [2.05, 4.69) is 15.9 Å². The summed E-state index contributed by atoms with van der Waals surface area (Å²) in [6, 6.07) is 3.42. The topological polar surface area (TPSA) is 33.4 Å². The first kappa shape index (κ1) is 14.2. The van der Waals surface area contributed by atoms with Crippen molar-refractivity contribution < 1.29 is 9.52 Å². The van der Waals surface area contributed by atoms with Crippen LogP contribution >= 0.6 is 39.1 Å². The van der Waals surface area contributed by atoms with Crippen molar-refractivity contribution in [1.82, 2.24) is 0 Å². The Hall–Kier alpha value is -0.220. The van der Waals surface area contributed by atoms with Crippen molar-refractivity contribution in [3.8, 4) is 0 Å². The van der Waals surface area contributed by atoms with E-state index in [4.69, 9.17) is 27.6 Å². The van der Waals surface area contributed by atoms with E-state index in [-0.39, 0.29) is 5.41 Å². The molecule has 0 saturated carbocycles. The van der Waals surface area contributed by atoms with Gasteiger partial charge < -0.3 is 9.52 Å². The average Bonchev–Trinajstić information content (AvgIpc) is 2.69. The van der Waals surface area contributed by atoms with Crippen molar-refractivity contribution >= 4 is 50.1 Å².